The molecule has 16 heteroatoms. The summed E-state index contributed by atoms with van der Waals surface area (Å²) in [7, 11) is 0. The highest BCUT2D eigenvalue weighted by atomic mass is 35.5. The van der Waals surface area contributed by atoms with Gasteiger partial charge in [-0.2, -0.15) is 31.3 Å². The first-order valence-corrected chi connectivity index (χ1v) is 13.3. The van der Waals surface area contributed by atoms with Gasteiger partial charge in [0.2, 0.25) is 11.9 Å². The third kappa shape index (κ3) is 9.22. The van der Waals surface area contributed by atoms with Crippen LogP contribution in [-0.4, -0.2) is 44.8 Å². The number of ketones is 2. The van der Waals surface area contributed by atoms with Crippen LogP contribution in [0.25, 0.3) is 0 Å². The van der Waals surface area contributed by atoms with E-state index >= 15 is 0 Å². The molecule has 1 amide bonds. The van der Waals surface area contributed by atoms with Gasteiger partial charge < -0.3 is 16.0 Å². The molecule has 0 spiro atoms. The predicted octanol–water partition coefficient (Wildman–Crippen LogP) is 6.54. The van der Waals surface area contributed by atoms with Crippen molar-refractivity contribution in [2.45, 2.75) is 31.6 Å². The van der Waals surface area contributed by atoms with Crippen molar-refractivity contribution >= 4 is 57.9 Å². The van der Waals surface area contributed by atoms with Crippen LogP contribution in [0.4, 0.5) is 55.2 Å². The number of rotatable bonds is 4. The highest BCUT2D eigenvalue weighted by molar-refractivity contribution is 6.41. The number of nitrogens with one attached hydrogen (secondary N) is 3. The molecular weight excluding hydrogens is 630 g/mol. The van der Waals surface area contributed by atoms with Gasteiger partial charge in [0.25, 0.3) is 0 Å². The normalized spacial score (nSPS) is 12.4. The van der Waals surface area contributed by atoms with E-state index in [1.54, 1.807) is 18.6 Å². The number of pyridine rings is 1. The number of nitrogens with zero attached hydrogens (tertiary/aromatic N) is 3. The number of hydrogen-bond donors (Lipinski definition) is 3. The van der Waals surface area contributed by atoms with E-state index in [1.807, 2.05) is 42.5 Å². The van der Waals surface area contributed by atoms with Crippen molar-refractivity contribution in [2.24, 2.45) is 0 Å². The van der Waals surface area contributed by atoms with Crippen molar-refractivity contribution < 1.29 is 40.7 Å². The number of carbonyl (C=O) groups is 3. The van der Waals surface area contributed by atoms with Crippen molar-refractivity contribution in [3.8, 4) is 0 Å². The van der Waals surface area contributed by atoms with Gasteiger partial charge in [-0.25, -0.2) is 4.98 Å². The van der Waals surface area contributed by atoms with Gasteiger partial charge in [0, 0.05) is 29.5 Å². The number of aryl methyl sites for hydroxylation is 2. The molecule has 0 atom stereocenters. The van der Waals surface area contributed by atoms with Crippen LogP contribution in [0.1, 0.15) is 16.7 Å². The maximum absolute atomic E-state index is 12.7. The number of amides is 1. The smallest absolute Gasteiger partial charge is 0.339 e. The Morgan fingerprint density at radius 3 is 2.18 bits per heavy atom. The van der Waals surface area contributed by atoms with Crippen LogP contribution in [0, 0.1) is 0 Å². The van der Waals surface area contributed by atoms with Crippen LogP contribution < -0.4 is 16.0 Å². The standard InChI is InChI=1S/C25H21ClN6O.C4F6O2/c26-21-15-28-25-30-19-3-1-2-16(12-19)4-5-18-14-20(29-24(21)32-25)6-7-22(18)31-23(33)13-17-8-10-27-11-9-17;5-3(6,7)1(11)2(12)4(8,9)10/h1-3,6-12,14-15H,4-5,13H2,(H,31,33)(H2,28,29,30,32);. The molecule has 234 valence electrons. The molecule has 3 N–H and O–H groups in total. The largest absolute Gasteiger partial charge is 0.458 e. The Hall–Kier alpha value is -5.05. The zero-order valence-corrected chi connectivity index (χ0v) is 23.5. The second kappa shape index (κ2) is 13.7. The lowest BCUT2D eigenvalue weighted by Crippen LogP contribution is -2.39. The van der Waals surface area contributed by atoms with Crippen molar-refractivity contribution in [3.63, 3.8) is 0 Å². The maximum Gasteiger partial charge on any atom is 0.458 e. The monoisotopic (exact) mass is 650 g/mol. The summed E-state index contributed by atoms with van der Waals surface area (Å²) in [5, 5.41) is 10.00. The van der Waals surface area contributed by atoms with Crippen LogP contribution in [0.15, 0.2) is 73.2 Å². The number of benzene rings is 2. The van der Waals surface area contributed by atoms with Crippen LogP contribution in [-0.2, 0) is 33.6 Å². The molecule has 4 aromatic rings. The van der Waals surface area contributed by atoms with E-state index in [-0.39, 0.29) is 12.3 Å². The van der Waals surface area contributed by atoms with Gasteiger partial charge in [-0.1, -0.05) is 23.7 Å². The van der Waals surface area contributed by atoms with Crippen LogP contribution in [0.5, 0.6) is 0 Å². The Morgan fingerprint density at radius 1 is 0.844 bits per heavy atom. The van der Waals surface area contributed by atoms with Gasteiger partial charge in [-0.3, -0.25) is 19.4 Å². The Morgan fingerprint density at radius 2 is 1.51 bits per heavy atom. The van der Waals surface area contributed by atoms with E-state index in [2.05, 4.69) is 43.0 Å². The van der Waals surface area contributed by atoms with Gasteiger partial charge in [0.15, 0.2) is 5.82 Å². The number of halogens is 7. The highest BCUT2D eigenvalue weighted by Gasteiger charge is 2.54. The summed E-state index contributed by atoms with van der Waals surface area (Å²) in [6, 6.07) is 17.7. The molecule has 0 unspecified atom stereocenters. The minimum Gasteiger partial charge on any atom is -0.339 e. The van der Waals surface area contributed by atoms with Crippen molar-refractivity contribution in [2.75, 3.05) is 16.0 Å². The third-order valence-corrected chi connectivity index (χ3v) is 6.36. The molecule has 0 saturated heterocycles. The summed E-state index contributed by atoms with van der Waals surface area (Å²) >= 11 is 6.33. The van der Waals surface area contributed by atoms with Crippen molar-refractivity contribution in [1.82, 2.24) is 15.0 Å². The Balaban J connectivity index is 0.000000328. The van der Waals surface area contributed by atoms with Crippen LogP contribution in [0.3, 0.4) is 0 Å². The quantitative estimate of drug-likeness (QED) is 0.168. The zero-order valence-electron chi connectivity index (χ0n) is 22.8. The first-order valence-electron chi connectivity index (χ1n) is 12.9. The first-order chi connectivity index (χ1) is 21.2. The molecule has 0 radical (unpaired) electrons. The molecular formula is C29H21ClF6N6O3. The maximum atomic E-state index is 12.7. The topological polar surface area (TPSA) is 126 Å². The molecule has 0 fully saturated rings. The number of anilines is 5. The zero-order chi connectivity index (χ0) is 32.8. The number of alkyl halides is 6. The molecule has 45 heavy (non-hydrogen) atoms. The number of aromatic nitrogens is 3. The highest BCUT2D eigenvalue weighted by Crippen LogP contribution is 2.30. The fraction of sp³-hybridized carbons (Fsp3) is 0.172. The van der Waals surface area contributed by atoms with E-state index in [0.29, 0.717) is 16.8 Å². The Bertz CT molecular complexity index is 1690. The lowest BCUT2D eigenvalue weighted by Gasteiger charge is -2.15. The average molecular weight is 651 g/mol. The molecule has 0 saturated carbocycles. The third-order valence-electron chi connectivity index (χ3n) is 6.09. The molecule has 2 aromatic carbocycles. The minimum atomic E-state index is -5.77. The Labute approximate surface area is 256 Å². The van der Waals surface area contributed by atoms with Crippen LogP contribution >= 0.6 is 11.6 Å². The summed E-state index contributed by atoms with van der Waals surface area (Å²) in [4.78, 5) is 44.7. The summed E-state index contributed by atoms with van der Waals surface area (Å²) in [6.45, 7) is 0. The fourth-order valence-corrected chi connectivity index (χ4v) is 4.14. The summed E-state index contributed by atoms with van der Waals surface area (Å²) < 4.78 is 67.0. The molecule has 6 bridgehead atoms. The lowest BCUT2D eigenvalue weighted by atomic mass is 10.0. The molecule has 2 aromatic heterocycles. The van der Waals surface area contributed by atoms with Crippen LogP contribution in [0.2, 0.25) is 5.02 Å². The van der Waals surface area contributed by atoms with E-state index in [1.165, 1.54) is 5.56 Å². The van der Waals surface area contributed by atoms with Crippen molar-refractivity contribution in [3.05, 3.63) is 94.9 Å². The van der Waals surface area contributed by atoms with Gasteiger partial charge >= 0.3 is 23.9 Å². The summed E-state index contributed by atoms with van der Waals surface area (Å²) in [6.07, 6.45) is -4.75. The SMILES string of the molecule is O=C(C(=O)C(F)(F)F)C(F)(F)F.O=C(Cc1ccncc1)Nc1ccc2cc1CCc1cccc(c1)Nc1ncc(Cl)c(n1)N2. The van der Waals surface area contributed by atoms with Gasteiger partial charge in [-0.05, 0) is 72.0 Å². The molecule has 3 heterocycles. The van der Waals surface area contributed by atoms with E-state index < -0.39 is 23.9 Å². The number of carbonyl (C=O) groups excluding carboxylic acids is 3. The first kappa shape index (κ1) is 32.9. The Kier molecular flexibility index (Phi) is 10.0. The molecule has 0 aliphatic carbocycles. The number of hydrogen-bond acceptors (Lipinski definition) is 8. The summed E-state index contributed by atoms with van der Waals surface area (Å²) in [5.41, 5.74) is 5.62. The number of Topliss-reactive ketones (excluding diaryl/α,β-unsaturated/α-hetero) is 2. The fourth-order valence-electron chi connectivity index (χ4n) is 4.00. The lowest BCUT2D eigenvalue weighted by molar-refractivity contribution is -0.193. The second-order valence-electron chi connectivity index (χ2n) is 9.45. The molecule has 9 nitrogen and oxygen atoms in total. The summed E-state index contributed by atoms with van der Waals surface area (Å²) in [5.74, 6) is -5.93. The molecule has 5 rings (SSSR count). The van der Waals surface area contributed by atoms with Gasteiger partial charge in [0.1, 0.15) is 5.02 Å². The molecule has 1 aliphatic rings. The van der Waals surface area contributed by atoms with Gasteiger partial charge in [-0.15, -0.1) is 0 Å². The van der Waals surface area contributed by atoms with Crippen molar-refractivity contribution in [1.29, 1.82) is 0 Å². The predicted molar refractivity (Wildman–Crippen MR) is 153 cm³/mol. The second-order valence-corrected chi connectivity index (χ2v) is 9.85. The number of fused-ring (bicyclic) bond motifs is 6. The van der Waals surface area contributed by atoms with E-state index in [0.717, 1.165) is 41.0 Å². The minimum absolute atomic E-state index is 0.0734. The van der Waals surface area contributed by atoms with E-state index in [4.69, 9.17) is 11.6 Å². The van der Waals surface area contributed by atoms with Gasteiger partial charge in [0.05, 0.1) is 12.6 Å². The average Bonchev–Trinajstić information content (AvgIpc) is 2.98. The van der Waals surface area contributed by atoms with E-state index in [9.17, 15) is 40.7 Å². The molecule has 1 aliphatic heterocycles.